The summed E-state index contributed by atoms with van der Waals surface area (Å²) in [5.41, 5.74) is 1.79. The minimum absolute atomic E-state index is 1.25. The van der Waals surface area contributed by atoms with Gasteiger partial charge in [-0.3, -0.25) is 4.98 Å². The first-order valence-corrected chi connectivity index (χ1v) is 3.68. The van der Waals surface area contributed by atoms with Crippen LogP contribution in [0.15, 0.2) is 17.1 Å². The second kappa shape index (κ2) is 6.63. The van der Waals surface area contributed by atoms with Gasteiger partial charge in [-0.05, 0) is 0 Å². The molecule has 0 spiro atoms. The van der Waals surface area contributed by atoms with Gasteiger partial charge >= 0.3 is 0 Å². The first-order chi connectivity index (χ1) is 3.91. The highest BCUT2D eigenvalue weighted by molar-refractivity contribution is 7.07. The van der Waals surface area contributed by atoms with Crippen molar-refractivity contribution in [3.05, 3.63) is 17.1 Å². The van der Waals surface area contributed by atoms with Gasteiger partial charge in [0.2, 0.25) is 0 Å². The average molecular weight is 129 g/mol. The molecular weight excluding hydrogens is 118 g/mol. The first-order valence-electron chi connectivity index (χ1n) is 2.74. The molecule has 2 heteroatoms. The molecule has 0 unspecified atom stereocenters. The Morgan fingerprint density at radius 1 is 1.50 bits per heavy atom. The van der Waals surface area contributed by atoms with E-state index < -0.39 is 0 Å². The fourth-order valence-corrected chi connectivity index (χ4v) is 0.527. The van der Waals surface area contributed by atoms with Gasteiger partial charge in [0, 0.05) is 11.6 Å². The van der Waals surface area contributed by atoms with Crippen LogP contribution in [0.5, 0.6) is 0 Å². The van der Waals surface area contributed by atoms with E-state index in [0.717, 1.165) is 0 Å². The molecule has 1 aromatic rings. The van der Waals surface area contributed by atoms with Crippen LogP contribution in [0.4, 0.5) is 0 Å². The van der Waals surface area contributed by atoms with E-state index >= 15 is 0 Å². The Morgan fingerprint density at radius 2 is 2.12 bits per heavy atom. The summed E-state index contributed by atoms with van der Waals surface area (Å²) < 4.78 is 0. The van der Waals surface area contributed by atoms with Gasteiger partial charge in [-0.2, -0.15) is 0 Å². The molecule has 0 amide bonds. The monoisotopic (exact) mass is 129 g/mol. The molecular formula is C6H11NS. The maximum Gasteiger partial charge on any atom is 0.0791 e. The Kier molecular flexibility index (Phi) is 6.32. The zero-order valence-corrected chi connectivity index (χ0v) is 6.11. The molecule has 0 N–H and O–H groups in total. The van der Waals surface area contributed by atoms with Crippen molar-refractivity contribution >= 4 is 11.3 Å². The molecule has 8 heavy (non-hydrogen) atoms. The molecule has 0 aromatic carbocycles. The smallest absolute Gasteiger partial charge is 0.0791 e. The highest BCUT2D eigenvalue weighted by Crippen LogP contribution is 1.85. The van der Waals surface area contributed by atoms with Crippen LogP contribution in [0.1, 0.15) is 20.3 Å². The van der Waals surface area contributed by atoms with Gasteiger partial charge in [0.15, 0.2) is 0 Å². The fraction of sp³-hybridized carbons (Fsp3) is 0.500. The summed E-state index contributed by atoms with van der Waals surface area (Å²) in [6.45, 7) is 4.25. The molecule has 0 fully saturated rings. The second-order valence-electron chi connectivity index (χ2n) is 1.38. The van der Waals surface area contributed by atoms with Crippen LogP contribution in [0.3, 0.4) is 0 Å². The predicted molar refractivity (Wildman–Crippen MR) is 38.1 cm³/mol. The first kappa shape index (κ1) is 7.63. The van der Waals surface area contributed by atoms with Gasteiger partial charge in [0.1, 0.15) is 0 Å². The number of aromatic nitrogens is 1. The van der Waals surface area contributed by atoms with E-state index in [4.69, 9.17) is 0 Å². The summed E-state index contributed by atoms with van der Waals surface area (Å²) in [5, 5.41) is 1.93. The molecule has 0 saturated heterocycles. The maximum absolute atomic E-state index is 3.74. The van der Waals surface area contributed by atoms with Crippen LogP contribution in [-0.4, -0.2) is 4.98 Å². The minimum Gasteiger partial charge on any atom is -0.253 e. The topological polar surface area (TPSA) is 12.9 Å². The maximum atomic E-state index is 3.74. The Labute approximate surface area is 54.4 Å². The van der Waals surface area contributed by atoms with Crippen LogP contribution in [-0.2, 0) is 0 Å². The van der Waals surface area contributed by atoms with E-state index in [1.807, 2.05) is 5.38 Å². The van der Waals surface area contributed by atoms with Gasteiger partial charge in [-0.25, -0.2) is 0 Å². The van der Waals surface area contributed by atoms with Crippen LogP contribution < -0.4 is 0 Å². The molecule has 1 nitrogen and oxygen atoms in total. The van der Waals surface area contributed by atoms with Crippen molar-refractivity contribution in [3.8, 4) is 0 Å². The zero-order chi connectivity index (χ0) is 6.24. The van der Waals surface area contributed by atoms with E-state index in [1.54, 1.807) is 23.0 Å². The Balaban J connectivity index is 0.000000145. The lowest BCUT2D eigenvalue weighted by Gasteiger charge is -1.48. The Morgan fingerprint density at radius 3 is 2.25 bits per heavy atom. The minimum atomic E-state index is 1.25. The fourth-order valence-electron chi connectivity index (χ4n) is 0.176. The highest BCUT2D eigenvalue weighted by Gasteiger charge is 1.59. The lowest BCUT2D eigenvalue weighted by molar-refractivity contribution is 1.09. The summed E-state index contributed by atoms with van der Waals surface area (Å²) in [7, 11) is 0. The standard InChI is InChI=1S/C3H3NS.C3H8/c1-2-5-3-4-1;1-3-2/h1-3H;3H2,1-2H3. The Bertz CT molecular complexity index is 75.4. The van der Waals surface area contributed by atoms with Gasteiger partial charge in [-0.1, -0.05) is 20.3 Å². The number of hydrogen-bond donors (Lipinski definition) is 0. The van der Waals surface area contributed by atoms with Crippen LogP contribution in [0.25, 0.3) is 0 Å². The molecule has 0 radical (unpaired) electrons. The van der Waals surface area contributed by atoms with Crippen molar-refractivity contribution in [3.63, 3.8) is 0 Å². The summed E-state index contributed by atoms with van der Waals surface area (Å²) in [5.74, 6) is 0. The third-order valence-corrected chi connectivity index (χ3v) is 0.869. The van der Waals surface area contributed by atoms with Crippen LogP contribution in [0, 0.1) is 0 Å². The van der Waals surface area contributed by atoms with E-state index in [2.05, 4.69) is 18.8 Å². The van der Waals surface area contributed by atoms with Crippen LogP contribution in [0.2, 0.25) is 0 Å². The van der Waals surface area contributed by atoms with Crippen molar-refractivity contribution in [2.24, 2.45) is 0 Å². The normalized spacial score (nSPS) is 7.25. The zero-order valence-electron chi connectivity index (χ0n) is 5.29. The third kappa shape index (κ3) is 5.63. The average Bonchev–Trinajstić information content (AvgIpc) is 2.17. The van der Waals surface area contributed by atoms with Crippen molar-refractivity contribution in [1.82, 2.24) is 4.98 Å². The Hall–Kier alpha value is -0.370. The van der Waals surface area contributed by atoms with E-state index in [-0.39, 0.29) is 0 Å². The highest BCUT2D eigenvalue weighted by atomic mass is 32.1. The lowest BCUT2D eigenvalue weighted by Crippen LogP contribution is -1.38. The quantitative estimate of drug-likeness (QED) is 0.524. The molecule has 1 heterocycles. The van der Waals surface area contributed by atoms with Gasteiger partial charge < -0.3 is 0 Å². The lowest BCUT2D eigenvalue weighted by atomic mass is 10.6. The number of thiazole rings is 1. The SMILES string of the molecule is CCC.c1cscn1. The van der Waals surface area contributed by atoms with Crippen molar-refractivity contribution in [1.29, 1.82) is 0 Å². The van der Waals surface area contributed by atoms with Gasteiger partial charge in [0.05, 0.1) is 5.51 Å². The molecule has 0 aliphatic carbocycles. The number of hydrogen-bond acceptors (Lipinski definition) is 2. The number of nitrogens with zero attached hydrogens (tertiary/aromatic N) is 1. The van der Waals surface area contributed by atoms with Crippen molar-refractivity contribution < 1.29 is 0 Å². The van der Waals surface area contributed by atoms with E-state index in [1.165, 1.54) is 6.42 Å². The molecule has 1 aromatic heterocycles. The largest absolute Gasteiger partial charge is 0.253 e. The molecule has 1 rings (SSSR count). The second-order valence-corrected chi connectivity index (χ2v) is 2.14. The third-order valence-electron chi connectivity index (χ3n) is 0.347. The molecule has 0 aliphatic rings. The molecule has 0 aliphatic heterocycles. The summed E-state index contributed by atoms with van der Waals surface area (Å²) in [6, 6.07) is 0. The molecule has 0 saturated carbocycles. The summed E-state index contributed by atoms with van der Waals surface area (Å²) in [6.07, 6.45) is 3.02. The van der Waals surface area contributed by atoms with Gasteiger partial charge in [-0.15, -0.1) is 11.3 Å². The van der Waals surface area contributed by atoms with E-state index in [0.29, 0.717) is 0 Å². The van der Waals surface area contributed by atoms with Crippen molar-refractivity contribution in [2.45, 2.75) is 20.3 Å². The molecule has 0 bridgehead atoms. The van der Waals surface area contributed by atoms with Gasteiger partial charge in [0.25, 0.3) is 0 Å². The predicted octanol–water partition coefficient (Wildman–Crippen LogP) is 2.56. The van der Waals surface area contributed by atoms with E-state index in [9.17, 15) is 0 Å². The molecule has 46 valence electrons. The number of rotatable bonds is 0. The summed E-state index contributed by atoms with van der Waals surface area (Å²) >= 11 is 1.60. The van der Waals surface area contributed by atoms with Crippen LogP contribution >= 0.6 is 11.3 Å². The summed E-state index contributed by atoms with van der Waals surface area (Å²) in [4.78, 5) is 3.74. The molecule has 0 atom stereocenters. The van der Waals surface area contributed by atoms with Crippen molar-refractivity contribution in [2.75, 3.05) is 0 Å².